The molecule has 0 aromatic heterocycles. The van der Waals surface area contributed by atoms with Gasteiger partial charge in [0.05, 0.1) is 17.5 Å². The minimum atomic E-state index is 0.0588. The van der Waals surface area contributed by atoms with Crippen molar-refractivity contribution in [2.24, 2.45) is 11.8 Å². The lowest BCUT2D eigenvalue weighted by Crippen LogP contribution is -2.39. The maximum absolute atomic E-state index is 13.7. The predicted octanol–water partition coefficient (Wildman–Crippen LogP) is 6.18. The molecule has 5 heteroatoms. The lowest BCUT2D eigenvalue weighted by molar-refractivity contribution is -0.136. The first-order valence-electron chi connectivity index (χ1n) is 12.8. The Balaban J connectivity index is 1.45. The molecule has 0 N–H and O–H groups in total. The SMILES string of the molecule is Cc1ccc(C)c(CN2CC[C@@H](C(=O)N(Cc3cc(Cl)c4c(c3)CCCCO4)CC(C)C)C2)c1. The zero-order chi connectivity index (χ0) is 24.2. The number of ether oxygens (including phenoxy) is 1. The molecule has 2 aromatic rings. The number of carbonyl (C=O) groups excluding carboxylic acids is 1. The number of aryl methyl sites for hydroxylation is 3. The topological polar surface area (TPSA) is 32.8 Å². The summed E-state index contributed by atoms with van der Waals surface area (Å²) in [6.07, 6.45) is 4.08. The molecule has 184 valence electrons. The maximum atomic E-state index is 13.7. The van der Waals surface area contributed by atoms with E-state index in [1.54, 1.807) is 0 Å². The van der Waals surface area contributed by atoms with Crippen LogP contribution in [-0.2, 0) is 24.3 Å². The molecule has 0 unspecified atom stereocenters. The van der Waals surface area contributed by atoms with Crippen molar-refractivity contribution in [3.05, 3.63) is 63.2 Å². The van der Waals surface area contributed by atoms with Crippen molar-refractivity contribution >= 4 is 17.5 Å². The summed E-state index contributed by atoms with van der Waals surface area (Å²) in [6.45, 7) is 13.5. The van der Waals surface area contributed by atoms with E-state index in [-0.39, 0.29) is 11.8 Å². The Morgan fingerprint density at radius 2 is 2.03 bits per heavy atom. The van der Waals surface area contributed by atoms with Crippen LogP contribution in [0.2, 0.25) is 5.02 Å². The van der Waals surface area contributed by atoms with Crippen molar-refractivity contribution in [3.63, 3.8) is 0 Å². The molecule has 0 aliphatic carbocycles. The molecule has 1 amide bonds. The lowest BCUT2D eigenvalue weighted by atomic mass is 10.0. The van der Waals surface area contributed by atoms with E-state index in [0.717, 1.165) is 69.8 Å². The molecule has 0 bridgehead atoms. The van der Waals surface area contributed by atoms with Crippen LogP contribution in [0.3, 0.4) is 0 Å². The van der Waals surface area contributed by atoms with Gasteiger partial charge in [-0.25, -0.2) is 0 Å². The normalized spacial score (nSPS) is 18.5. The molecule has 1 fully saturated rings. The minimum absolute atomic E-state index is 0.0588. The summed E-state index contributed by atoms with van der Waals surface area (Å²) in [6, 6.07) is 10.8. The molecule has 0 saturated carbocycles. The maximum Gasteiger partial charge on any atom is 0.227 e. The summed E-state index contributed by atoms with van der Waals surface area (Å²) in [7, 11) is 0. The number of nitrogens with zero attached hydrogens (tertiary/aromatic N) is 2. The van der Waals surface area contributed by atoms with Crippen LogP contribution in [0.4, 0.5) is 0 Å². The summed E-state index contributed by atoms with van der Waals surface area (Å²) >= 11 is 6.60. The Kier molecular flexibility index (Phi) is 8.21. The van der Waals surface area contributed by atoms with E-state index in [4.69, 9.17) is 16.3 Å². The molecule has 4 nitrogen and oxygen atoms in total. The van der Waals surface area contributed by atoms with Gasteiger partial charge < -0.3 is 9.64 Å². The van der Waals surface area contributed by atoms with Gasteiger partial charge in [-0.1, -0.05) is 55.3 Å². The Bertz CT molecular complexity index is 1020. The first-order valence-corrected chi connectivity index (χ1v) is 13.2. The fourth-order valence-electron chi connectivity index (χ4n) is 5.28. The highest BCUT2D eigenvalue weighted by molar-refractivity contribution is 6.32. The third-order valence-electron chi connectivity index (χ3n) is 7.06. The highest BCUT2D eigenvalue weighted by atomic mass is 35.5. The number of halogens is 1. The molecule has 2 aliphatic rings. The zero-order valence-corrected chi connectivity index (χ0v) is 22.0. The largest absolute Gasteiger partial charge is 0.492 e. The van der Waals surface area contributed by atoms with Crippen molar-refractivity contribution in [1.29, 1.82) is 0 Å². The van der Waals surface area contributed by atoms with Gasteiger partial charge in [0.25, 0.3) is 0 Å². The molecule has 4 rings (SSSR count). The molecule has 1 atom stereocenters. The van der Waals surface area contributed by atoms with E-state index in [9.17, 15) is 4.79 Å². The average Bonchev–Trinajstić information content (AvgIpc) is 3.11. The van der Waals surface area contributed by atoms with Crippen LogP contribution in [-0.4, -0.2) is 41.9 Å². The standard InChI is InChI=1S/C29H39ClN2O2/c1-20(2)16-32(17-23-14-24-7-5-6-12-34-28(24)27(30)15-23)29(33)25-10-11-31(18-25)19-26-13-21(3)8-9-22(26)4/h8-9,13-15,20,25H,5-7,10-12,16-19H2,1-4H3/t25-/m1/s1. The lowest BCUT2D eigenvalue weighted by Gasteiger charge is -2.28. The molecule has 2 heterocycles. The molecule has 0 spiro atoms. The first-order chi connectivity index (χ1) is 16.3. The van der Waals surface area contributed by atoms with Gasteiger partial charge >= 0.3 is 0 Å². The van der Waals surface area contributed by atoms with E-state index < -0.39 is 0 Å². The molecule has 1 saturated heterocycles. The summed E-state index contributed by atoms with van der Waals surface area (Å²) in [4.78, 5) is 18.2. The second-order valence-corrected chi connectivity index (χ2v) is 11.0. The summed E-state index contributed by atoms with van der Waals surface area (Å²) in [5.74, 6) is 1.58. The summed E-state index contributed by atoms with van der Waals surface area (Å²) in [5.41, 5.74) is 6.27. The fraction of sp³-hybridized carbons (Fsp3) is 0.552. The van der Waals surface area contributed by atoms with Gasteiger partial charge in [0.1, 0.15) is 5.75 Å². The molecule has 0 radical (unpaired) electrons. The molecule has 2 aliphatic heterocycles. The quantitative estimate of drug-likeness (QED) is 0.472. The Hall–Kier alpha value is -2.04. The van der Waals surface area contributed by atoms with Crippen LogP contribution in [0.15, 0.2) is 30.3 Å². The van der Waals surface area contributed by atoms with Crippen LogP contribution < -0.4 is 4.74 Å². The van der Waals surface area contributed by atoms with Crippen LogP contribution in [0.25, 0.3) is 0 Å². The molecular formula is C29H39ClN2O2. The van der Waals surface area contributed by atoms with Crippen LogP contribution in [0, 0.1) is 25.7 Å². The molecular weight excluding hydrogens is 444 g/mol. The number of rotatable bonds is 7. The van der Waals surface area contributed by atoms with Crippen LogP contribution >= 0.6 is 11.6 Å². The number of fused-ring (bicyclic) bond motifs is 1. The van der Waals surface area contributed by atoms with E-state index >= 15 is 0 Å². The number of hydrogen-bond donors (Lipinski definition) is 0. The molecule has 34 heavy (non-hydrogen) atoms. The number of likely N-dealkylation sites (tertiary alicyclic amines) is 1. The van der Waals surface area contributed by atoms with Gasteiger partial charge in [0.15, 0.2) is 0 Å². The van der Waals surface area contributed by atoms with E-state index in [1.807, 2.05) is 6.07 Å². The molecule has 2 aromatic carbocycles. The van der Waals surface area contributed by atoms with Crippen LogP contribution in [0.1, 0.15) is 60.9 Å². The second kappa shape index (κ2) is 11.1. The monoisotopic (exact) mass is 482 g/mol. The average molecular weight is 483 g/mol. The highest BCUT2D eigenvalue weighted by Crippen LogP contribution is 2.34. The third kappa shape index (κ3) is 6.14. The predicted molar refractivity (Wildman–Crippen MR) is 139 cm³/mol. The Morgan fingerprint density at radius 3 is 2.82 bits per heavy atom. The number of hydrogen-bond acceptors (Lipinski definition) is 3. The van der Waals surface area contributed by atoms with Gasteiger partial charge in [-0.2, -0.15) is 0 Å². The smallest absolute Gasteiger partial charge is 0.227 e. The summed E-state index contributed by atoms with van der Waals surface area (Å²) in [5, 5.41) is 0.673. The highest BCUT2D eigenvalue weighted by Gasteiger charge is 2.32. The van der Waals surface area contributed by atoms with Crippen molar-refractivity contribution in [2.75, 3.05) is 26.2 Å². The van der Waals surface area contributed by atoms with Gasteiger partial charge in [0.2, 0.25) is 5.91 Å². The second-order valence-electron chi connectivity index (χ2n) is 10.6. The number of amides is 1. The first kappa shape index (κ1) is 25.1. The van der Waals surface area contributed by atoms with Crippen molar-refractivity contribution in [2.45, 2.75) is 66.5 Å². The number of benzene rings is 2. The van der Waals surface area contributed by atoms with Crippen molar-refractivity contribution in [3.8, 4) is 5.75 Å². The van der Waals surface area contributed by atoms with Crippen molar-refractivity contribution < 1.29 is 9.53 Å². The van der Waals surface area contributed by atoms with Crippen LogP contribution in [0.5, 0.6) is 5.75 Å². The van der Waals surface area contributed by atoms with Crippen molar-refractivity contribution in [1.82, 2.24) is 9.80 Å². The van der Waals surface area contributed by atoms with Gasteiger partial charge in [-0.05, 0) is 80.3 Å². The van der Waals surface area contributed by atoms with E-state index in [1.165, 1.54) is 22.3 Å². The van der Waals surface area contributed by atoms with E-state index in [2.05, 4.69) is 61.8 Å². The minimum Gasteiger partial charge on any atom is -0.492 e. The summed E-state index contributed by atoms with van der Waals surface area (Å²) < 4.78 is 5.89. The van der Waals surface area contributed by atoms with Gasteiger partial charge in [0, 0.05) is 26.2 Å². The Morgan fingerprint density at radius 1 is 1.21 bits per heavy atom. The Labute approximate surface area is 210 Å². The van der Waals surface area contributed by atoms with E-state index in [0.29, 0.717) is 17.5 Å². The number of carbonyl (C=O) groups is 1. The fourth-order valence-corrected chi connectivity index (χ4v) is 5.60. The zero-order valence-electron chi connectivity index (χ0n) is 21.2. The third-order valence-corrected chi connectivity index (χ3v) is 7.34. The van der Waals surface area contributed by atoms with Gasteiger partial charge in [-0.3, -0.25) is 9.69 Å². The van der Waals surface area contributed by atoms with Gasteiger partial charge in [-0.15, -0.1) is 0 Å².